The maximum atomic E-state index is 15.2. The fraction of sp³-hybridized carbons (Fsp3) is 0.400. The standard InChI is InChI=1S/C25H28FN5O4/c1-13-10-17(32)11-30(13)24(33)18-12-31-23(14(18)2)21(8-9-27-31)35-20-7-6-19(15(3)22(20)26)29-25(34)28-16-4-5-16/h6-9,12-13,16-17,32H,4-5,10-11H2,1-3H3,(H2,28,29,34)/t13-,17+/m1/s1. The first-order valence-electron chi connectivity index (χ1n) is 11.7. The first kappa shape index (κ1) is 23.1. The summed E-state index contributed by atoms with van der Waals surface area (Å²) in [6.07, 6.45) is 5.06. The van der Waals surface area contributed by atoms with Gasteiger partial charge in [0.05, 0.1) is 17.9 Å². The summed E-state index contributed by atoms with van der Waals surface area (Å²) >= 11 is 0. The Bertz CT molecular complexity index is 1320. The molecule has 0 spiro atoms. The number of urea groups is 1. The molecule has 2 atom stereocenters. The van der Waals surface area contributed by atoms with Crippen molar-refractivity contribution >= 4 is 23.1 Å². The van der Waals surface area contributed by atoms with Crippen LogP contribution in [0.2, 0.25) is 0 Å². The molecule has 2 aliphatic rings. The number of rotatable bonds is 5. The Morgan fingerprint density at radius 1 is 1.17 bits per heavy atom. The molecule has 0 bridgehead atoms. The molecule has 3 amide bonds. The van der Waals surface area contributed by atoms with E-state index >= 15 is 4.39 Å². The van der Waals surface area contributed by atoms with Gasteiger partial charge in [0.15, 0.2) is 17.3 Å². The van der Waals surface area contributed by atoms with Gasteiger partial charge in [-0.2, -0.15) is 5.10 Å². The molecule has 1 saturated heterocycles. The number of aryl methyl sites for hydroxylation is 1. The summed E-state index contributed by atoms with van der Waals surface area (Å²) in [6.45, 7) is 5.56. The topological polar surface area (TPSA) is 108 Å². The van der Waals surface area contributed by atoms with Gasteiger partial charge in [0, 0.05) is 42.1 Å². The second kappa shape index (κ2) is 8.84. The Balaban J connectivity index is 1.42. The Morgan fingerprint density at radius 2 is 1.94 bits per heavy atom. The summed E-state index contributed by atoms with van der Waals surface area (Å²) in [5.41, 5.74) is 2.27. The van der Waals surface area contributed by atoms with Crippen molar-refractivity contribution in [1.29, 1.82) is 0 Å². The molecule has 2 aromatic heterocycles. The first-order chi connectivity index (χ1) is 16.7. The van der Waals surface area contributed by atoms with Gasteiger partial charge in [-0.05, 0) is 57.7 Å². The van der Waals surface area contributed by atoms with Gasteiger partial charge in [-0.15, -0.1) is 0 Å². The van der Waals surface area contributed by atoms with Crippen molar-refractivity contribution in [2.24, 2.45) is 0 Å². The molecular weight excluding hydrogens is 453 g/mol. The largest absolute Gasteiger partial charge is 0.452 e. The summed E-state index contributed by atoms with van der Waals surface area (Å²) in [5.74, 6) is -0.445. The third-order valence-corrected chi connectivity index (χ3v) is 6.67. The van der Waals surface area contributed by atoms with Crippen LogP contribution in [-0.2, 0) is 0 Å². The van der Waals surface area contributed by atoms with Gasteiger partial charge in [0.1, 0.15) is 5.52 Å². The van der Waals surface area contributed by atoms with Crippen molar-refractivity contribution < 1.29 is 23.8 Å². The van der Waals surface area contributed by atoms with Gasteiger partial charge >= 0.3 is 6.03 Å². The van der Waals surface area contributed by atoms with Crippen molar-refractivity contribution in [2.45, 2.75) is 58.2 Å². The quantitative estimate of drug-likeness (QED) is 0.514. The van der Waals surface area contributed by atoms with E-state index in [9.17, 15) is 14.7 Å². The number of hydrogen-bond acceptors (Lipinski definition) is 5. The molecule has 1 saturated carbocycles. The number of halogens is 1. The number of carbonyl (C=O) groups is 2. The minimum absolute atomic E-state index is 0.00600. The number of anilines is 1. The molecule has 0 radical (unpaired) electrons. The Morgan fingerprint density at radius 3 is 2.63 bits per heavy atom. The lowest BCUT2D eigenvalue weighted by atomic mass is 10.1. The molecule has 1 aliphatic carbocycles. The molecule has 5 rings (SSSR count). The number of hydrogen-bond donors (Lipinski definition) is 3. The Kier molecular flexibility index (Phi) is 5.84. The van der Waals surface area contributed by atoms with Crippen LogP contribution in [0.25, 0.3) is 5.52 Å². The predicted octanol–water partition coefficient (Wildman–Crippen LogP) is 3.76. The molecule has 1 aromatic carbocycles. The highest BCUT2D eigenvalue weighted by Crippen LogP contribution is 2.35. The zero-order valence-electron chi connectivity index (χ0n) is 19.8. The third-order valence-electron chi connectivity index (χ3n) is 6.67. The van der Waals surface area contributed by atoms with Crippen LogP contribution in [-0.4, -0.2) is 56.3 Å². The van der Waals surface area contributed by atoms with E-state index in [0.29, 0.717) is 34.5 Å². The van der Waals surface area contributed by atoms with E-state index in [0.717, 1.165) is 12.8 Å². The van der Waals surface area contributed by atoms with Gasteiger partial charge in [-0.1, -0.05) is 0 Å². The average Bonchev–Trinajstić information content (AvgIpc) is 3.47. The summed E-state index contributed by atoms with van der Waals surface area (Å²) < 4.78 is 22.7. The zero-order valence-corrected chi connectivity index (χ0v) is 19.8. The minimum Gasteiger partial charge on any atom is -0.452 e. The van der Waals surface area contributed by atoms with Gasteiger partial charge in [-0.3, -0.25) is 4.79 Å². The second-order valence-electron chi connectivity index (χ2n) is 9.38. The van der Waals surface area contributed by atoms with Gasteiger partial charge in [-0.25, -0.2) is 13.7 Å². The minimum atomic E-state index is -0.593. The Hall–Kier alpha value is -3.66. The van der Waals surface area contributed by atoms with E-state index in [4.69, 9.17) is 4.74 Å². The lowest BCUT2D eigenvalue weighted by Crippen LogP contribution is -2.34. The lowest BCUT2D eigenvalue weighted by Gasteiger charge is -2.20. The number of aromatic nitrogens is 2. The normalized spacial score (nSPS) is 19.7. The van der Waals surface area contributed by atoms with Gasteiger partial charge in [0.25, 0.3) is 5.91 Å². The van der Waals surface area contributed by atoms with Crippen molar-refractivity contribution in [2.75, 3.05) is 11.9 Å². The van der Waals surface area contributed by atoms with E-state index in [2.05, 4.69) is 15.7 Å². The number of nitrogens with zero attached hydrogens (tertiary/aromatic N) is 3. The third kappa shape index (κ3) is 4.41. The number of amides is 3. The van der Waals surface area contributed by atoms with Crippen LogP contribution in [0.4, 0.5) is 14.9 Å². The summed E-state index contributed by atoms with van der Waals surface area (Å²) in [4.78, 5) is 26.9. The van der Waals surface area contributed by atoms with E-state index in [1.807, 2.05) is 6.92 Å². The molecule has 1 aliphatic heterocycles. The molecular formula is C25H28FN5O4. The molecule has 10 heteroatoms. The highest BCUT2D eigenvalue weighted by molar-refractivity contribution is 5.98. The van der Waals surface area contributed by atoms with Crippen LogP contribution in [0.1, 0.15) is 47.7 Å². The fourth-order valence-corrected chi connectivity index (χ4v) is 4.53. The monoisotopic (exact) mass is 481 g/mol. The van der Waals surface area contributed by atoms with Gasteiger partial charge < -0.3 is 25.4 Å². The molecule has 0 unspecified atom stereocenters. The highest BCUT2D eigenvalue weighted by Gasteiger charge is 2.33. The van der Waals surface area contributed by atoms with Crippen LogP contribution in [0.15, 0.2) is 30.6 Å². The first-order valence-corrected chi connectivity index (χ1v) is 11.7. The van der Waals surface area contributed by atoms with Crippen LogP contribution >= 0.6 is 0 Å². The smallest absolute Gasteiger partial charge is 0.319 e. The van der Waals surface area contributed by atoms with E-state index < -0.39 is 11.9 Å². The van der Waals surface area contributed by atoms with Crippen LogP contribution in [0, 0.1) is 19.7 Å². The van der Waals surface area contributed by atoms with Gasteiger partial charge in [0.2, 0.25) is 0 Å². The number of aliphatic hydroxyl groups excluding tert-OH is 1. The number of carbonyl (C=O) groups excluding carboxylic acids is 2. The SMILES string of the molecule is Cc1c(NC(=O)NC2CC2)ccc(Oc2ccnn3cc(C(=O)N4C[C@@H](O)C[C@H]4C)c(C)c23)c1F. The molecule has 184 valence electrons. The van der Waals surface area contributed by atoms with Crippen LogP contribution in [0.3, 0.4) is 0 Å². The number of fused-ring (bicyclic) bond motifs is 1. The van der Waals surface area contributed by atoms with Crippen molar-refractivity contribution in [3.63, 3.8) is 0 Å². The lowest BCUT2D eigenvalue weighted by molar-refractivity contribution is 0.0725. The van der Waals surface area contributed by atoms with E-state index in [1.165, 1.54) is 16.8 Å². The number of likely N-dealkylation sites (tertiary alicyclic amines) is 1. The second-order valence-corrected chi connectivity index (χ2v) is 9.38. The molecule has 9 nitrogen and oxygen atoms in total. The van der Waals surface area contributed by atoms with Crippen LogP contribution in [0.5, 0.6) is 11.5 Å². The summed E-state index contributed by atoms with van der Waals surface area (Å²) in [5, 5.41) is 19.7. The molecule has 3 N–H and O–H groups in total. The Labute approximate surface area is 201 Å². The summed E-state index contributed by atoms with van der Waals surface area (Å²) in [7, 11) is 0. The average molecular weight is 482 g/mol. The number of nitrogens with one attached hydrogen (secondary N) is 2. The molecule has 3 aromatic rings. The number of ether oxygens (including phenoxy) is 1. The maximum Gasteiger partial charge on any atom is 0.319 e. The zero-order chi connectivity index (χ0) is 24.9. The number of aliphatic hydroxyl groups is 1. The highest BCUT2D eigenvalue weighted by atomic mass is 19.1. The number of β-amino-alcohol motifs (C(OH)–C–C–N with tert-alkyl or cyclic N) is 1. The summed E-state index contributed by atoms with van der Waals surface area (Å²) in [6, 6.07) is 4.43. The molecule has 2 fully saturated rings. The molecule has 3 heterocycles. The van der Waals surface area contributed by atoms with Crippen molar-refractivity contribution in [1.82, 2.24) is 19.8 Å². The van der Waals surface area contributed by atoms with Crippen molar-refractivity contribution in [3.05, 3.63) is 53.1 Å². The predicted molar refractivity (Wildman–Crippen MR) is 127 cm³/mol. The van der Waals surface area contributed by atoms with Crippen LogP contribution < -0.4 is 15.4 Å². The van der Waals surface area contributed by atoms with Crippen molar-refractivity contribution in [3.8, 4) is 11.5 Å². The van der Waals surface area contributed by atoms with E-state index in [-0.39, 0.29) is 41.9 Å². The number of benzene rings is 1. The maximum absolute atomic E-state index is 15.2. The fourth-order valence-electron chi connectivity index (χ4n) is 4.53. The van der Waals surface area contributed by atoms with E-state index in [1.54, 1.807) is 37.1 Å². The molecule has 35 heavy (non-hydrogen) atoms.